The maximum Gasteiger partial charge on any atom is 0.317 e. The summed E-state index contributed by atoms with van der Waals surface area (Å²) in [6.07, 6.45) is 0.467. The first-order chi connectivity index (χ1) is 9.80. The van der Waals surface area contributed by atoms with Crippen LogP contribution in [-0.2, 0) is 11.3 Å². The quantitative estimate of drug-likeness (QED) is 0.812. The van der Waals surface area contributed by atoms with E-state index in [1.54, 1.807) is 23.2 Å². The van der Waals surface area contributed by atoms with E-state index in [4.69, 9.17) is 0 Å². The number of hydrogen-bond acceptors (Lipinski definition) is 3. The summed E-state index contributed by atoms with van der Waals surface area (Å²) in [6, 6.07) is 3.76. The number of amides is 2. The molecule has 1 atom stereocenters. The number of thiophene rings is 1. The van der Waals surface area contributed by atoms with Gasteiger partial charge in [-0.1, -0.05) is 13.0 Å². The van der Waals surface area contributed by atoms with Crippen LogP contribution in [0.4, 0.5) is 4.79 Å². The van der Waals surface area contributed by atoms with Gasteiger partial charge in [0.2, 0.25) is 0 Å². The Morgan fingerprint density at radius 1 is 1.48 bits per heavy atom. The number of nitrogens with one attached hydrogen (secondary N) is 1. The van der Waals surface area contributed by atoms with E-state index in [0.717, 1.165) is 4.88 Å². The second-order valence-electron chi connectivity index (χ2n) is 5.68. The van der Waals surface area contributed by atoms with Gasteiger partial charge in [-0.2, -0.15) is 0 Å². The molecule has 2 amide bonds. The summed E-state index contributed by atoms with van der Waals surface area (Å²) in [5.41, 5.74) is -0.929. The highest BCUT2D eigenvalue weighted by atomic mass is 32.1. The van der Waals surface area contributed by atoms with Gasteiger partial charge in [-0.25, -0.2) is 4.79 Å². The smallest absolute Gasteiger partial charge is 0.317 e. The minimum Gasteiger partial charge on any atom is -0.481 e. The number of aliphatic carboxylic acids is 1. The minimum absolute atomic E-state index is 0.0461. The monoisotopic (exact) mass is 312 g/mol. The van der Waals surface area contributed by atoms with Gasteiger partial charge in [0, 0.05) is 17.5 Å². The van der Waals surface area contributed by atoms with Crippen molar-refractivity contribution in [3.05, 3.63) is 22.4 Å². The van der Waals surface area contributed by atoms with Crippen LogP contribution in [0.2, 0.25) is 0 Å². The number of urea groups is 1. The third-order valence-electron chi connectivity index (χ3n) is 3.72. The van der Waals surface area contributed by atoms with Gasteiger partial charge in [0.05, 0.1) is 12.0 Å². The van der Waals surface area contributed by atoms with Crippen molar-refractivity contribution in [2.24, 2.45) is 5.41 Å². The third kappa shape index (κ3) is 4.74. The molecule has 118 valence electrons. The molecule has 1 heterocycles. The molecule has 0 fully saturated rings. The molecular formula is C15H24N2O3S. The zero-order chi connectivity index (χ0) is 16.0. The lowest BCUT2D eigenvalue weighted by molar-refractivity contribution is -0.147. The van der Waals surface area contributed by atoms with Gasteiger partial charge in [0.15, 0.2) is 0 Å². The summed E-state index contributed by atoms with van der Waals surface area (Å²) < 4.78 is 0. The predicted octanol–water partition coefficient (Wildman–Crippen LogP) is 3.17. The Morgan fingerprint density at radius 2 is 2.14 bits per heavy atom. The van der Waals surface area contributed by atoms with Crippen LogP contribution in [0, 0.1) is 5.41 Å². The van der Waals surface area contributed by atoms with E-state index in [0.29, 0.717) is 13.0 Å². The number of carboxylic acids is 1. The fourth-order valence-corrected chi connectivity index (χ4v) is 2.49. The molecule has 0 aliphatic rings. The SMILES string of the molecule is CCC(C)(CNC(=O)N(Cc1cccs1)C(C)C)C(=O)O. The average Bonchev–Trinajstić information content (AvgIpc) is 2.94. The Hall–Kier alpha value is -1.56. The molecule has 1 aromatic rings. The Kier molecular flexibility index (Phi) is 6.20. The molecular weight excluding hydrogens is 288 g/mol. The average molecular weight is 312 g/mol. The molecule has 1 aromatic heterocycles. The summed E-state index contributed by atoms with van der Waals surface area (Å²) in [5, 5.41) is 14.0. The van der Waals surface area contributed by atoms with Crippen molar-refractivity contribution in [1.82, 2.24) is 10.2 Å². The zero-order valence-corrected chi connectivity index (χ0v) is 13.9. The Balaban J connectivity index is 2.67. The summed E-state index contributed by atoms with van der Waals surface area (Å²) >= 11 is 1.60. The second kappa shape index (κ2) is 7.45. The van der Waals surface area contributed by atoms with Crippen molar-refractivity contribution in [2.45, 2.75) is 46.7 Å². The van der Waals surface area contributed by atoms with Gasteiger partial charge in [-0.15, -0.1) is 11.3 Å². The normalized spacial score (nSPS) is 13.8. The van der Waals surface area contributed by atoms with E-state index in [1.807, 2.05) is 38.3 Å². The fourth-order valence-electron chi connectivity index (χ4n) is 1.78. The highest BCUT2D eigenvalue weighted by Gasteiger charge is 2.32. The molecule has 1 unspecified atom stereocenters. The molecule has 21 heavy (non-hydrogen) atoms. The Bertz CT molecular complexity index is 473. The molecule has 2 N–H and O–H groups in total. The molecule has 6 heteroatoms. The highest BCUT2D eigenvalue weighted by molar-refractivity contribution is 7.09. The van der Waals surface area contributed by atoms with E-state index in [2.05, 4.69) is 5.32 Å². The first-order valence-corrected chi connectivity index (χ1v) is 7.98. The van der Waals surface area contributed by atoms with Crippen LogP contribution in [0.15, 0.2) is 17.5 Å². The van der Waals surface area contributed by atoms with Crippen LogP contribution in [-0.4, -0.2) is 34.6 Å². The Labute approximate surface area is 130 Å². The molecule has 0 aromatic carbocycles. The molecule has 0 aliphatic carbocycles. The molecule has 0 bridgehead atoms. The molecule has 0 spiro atoms. The van der Waals surface area contributed by atoms with E-state index in [1.165, 1.54) is 0 Å². The maximum atomic E-state index is 12.3. The molecule has 0 saturated heterocycles. The van der Waals surface area contributed by atoms with Crippen LogP contribution in [0.25, 0.3) is 0 Å². The molecule has 1 rings (SSSR count). The molecule has 0 saturated carbocycles. The topological polar surface area (TPSA) is 69.6 Å². The van der Waals surface area contributed by atoms with Crippen molar-refractivity contribution in [1.29, 1.82) is 0 Å². The summed E-state index contributed by atoms with van der Waals surface area (Å²) in [6.45, 7) is 8.02. The summed E-state index contributed by atoms with van der Waals surface area (Å²) in [4.78, 5) is 26.4. The highest BCUT2D eigenvalue weighted by Crippen LogP contribution is 2.20. The van der Waals surface area contributed by atoms with Crippen molar-refractivity contribution < 1.29 is 14.7 Å². The van der Waals surface area contributed by atoms with Gasteiger partial charge in [-0.3, -0.25) is 4.79 Å². The number of carbonyl (C=O) groups excluding carboxylic acids is 1. The van der Waals surface area contributed by atoms with Gasteiger partial charge in [0.25, 0.3) is 0 Å². The fraction of sp³-hybridized carbons (Fsp3) is 0.600. The van der Waals surface area contributed by atoms with Gasteiger partial charge < -0.3 is 15.3 Å². The van der Waals surface area contributed by atoms with Crippen molar-refractivity contribution in [3.8, 4) is 0 Å². The second-order valence-corrected chi connectivity index (χ2v) is 6.71. The van der Waals surface area contributed by atoms with Crippen molar-refractivity contribution >= 4 is 23.3 Å². The first-order valence-electron chi connectivity index (χ1n) is 7.10. The number of rotatable bonds is 7. The number of hydrogen-bond donors (Lipinski definition) is 2. The van der Waals surface area contributed by atoms with Crippen molar-refractivity contribution in [3.63, 3.8) is 0 Å². The van der Waals surface area contributed by atoms with Crippen LogP contribution in [0.5, 0.6) is 0 Å². The van der Waals surface area contributed by atoms with Crippen LogP contribution in [0.3, 0.4) is 0 Å². The standard InChI is InChI=1S/C15H24N2O3S/c1-5-15(4,13(18)19)10-16-14(20)17(11(2)3)9-12-7-6-8-21-12/h6-8,11H,5,9-10H2,1-4H3,(H,16,20)(H,18,19). The first kappa shape index (κ1) is 17.5. The number of carbonyl (C=O) groups is 2. The van der Waals surface area contributed by atoms with E-state index in [9.17, 15) is 14.7 Å². The zero-order valence-electron chi connectivity index (χ0n) is 13.0. The lowest BCUT2D eigenvalue weighted by Crippen LogP contribution is -2.48. The lowest BCUT2D eigenvalue weighted by Gasteiger charge is -2.29. The van der Waals surface area contributed by atoms with Crippen molar-refractivity contribution in [2.75, 3.05) is 6.54 Å². The van der Waals surface area contributed by atoms with E-state index in [-0.39, 0.29) is 18.6 Å². The van der Waals surface area contributed by atoms with E-state index < -0.39 is 11.4 Å². The molecule has 0 aliphatic heterocycles. The number of nitrogens with zero attached hydrogens (tertiary/aromatic N) is 1. The van der Waals surface area contributed by atoms with Gasteiger partial charge in [0.1, 0.15) is 0 Å². The van der Waals surface area contributed by atoms with Gasteiger partial charge >= 0.3 is 12.0 Å². The third-order valence-corrected chi connectivity index (χ3v) is 4.58. The molecule has 0 radical (unpaired) electrons. The predicted molar refractivity (Wildman–Crippen MR) is 84.4 cm³/mol. The van der Waals surface area contributed by atoms with Crippen LogP contribution in [0.1, 0.15) is 39.0 Å². The number of carboxylic acid groups (broad SMARTS) is 1. The summed E-state index contributed by atoms with van der Waals surface area (Å²) in [5.74, 6) is -0.889. The van der Waals surface area contributed by atoms with Crippen LogP contribution < -0.4 is 5.32 Å². The van der Waals surface area contributed by atoms with Crippen LogP contribution >= 0.6 is 11.3 Å². The largest absolute Gasteiger partial charge is 0.481 e. The maximum absolute atomic E-state index is 12.3. The van der Waals surface area contributed by atoms with Gasteiger partial charge in [-0.05, 0) is 38.6 Å². The lowest BCUT2D eigenvalue weighted by atomic mass is 9.88. The minimum atomic E-state index is -0.929. The van der Waals surface area contributed by atoms with E-state index >= 15 is 0 Å². The Morgan fingerprint density at radius 3 is 2.57 bits per heavy atom. The molecule has 5 nitrogen and oxygen atoms in total. The summed E-state index contributed by atoms with van der Waals surface area (Å²) in [7, 11) is 0.